The second-order valence-electron chi connectivity index (χ2n) is 7.57. The number of imidazole rings is 1. The first-order valence-corrected chi connectivity index (χ1v) is 11.3. The van der Waals surface area contributed by atoms with E-state index in [-0.39, 0.29) is 0 Å². The maximum Gasteiger partial charge on any atom is 0.138 e. The van der Waals surface area contributed by atoms with Crippen molar-refractivity contribution in [1.82, 2.24) is 24.8 Å². The molecular formula is C24H36N6. The molecule has 0 spiro atoms. The van der Waals surface area contributed by atoms with Gasteiger partial charge in [-0.15, -0.1) is 0 Å². The normalized spacial score (nSPS) is 11.7. The van der Waals surface area contributed by atoms with E-state index in [2.05, 4.69) is 76.6 Å². The first kappa shape index (κ1) is 22.2. The van der Waals surface area contributed by atoms with Crippen LogP contribution in [0.1, 0.15) is 27.7 Å². The van der Waals surface area contributed by atoms with Crippen molar-refractivity contribution in [2.24, 2.45) is 0 Å². The first-order chi connectivity index (χ1) is 14.7. The van der Waals surface area contributed by atoms with Crippen LogP contribution in [0, 0.1) is 0 Å². The highest BCUT2D eigenvalue weighted by Crippen LogP contribution is 2.23. The van der Waals surface area contributed by atoms with Crippen molar-refractivity contribution >= 4 is 16.7 Å². The molecule has 0 radical (unpaired) electrons. The Morgan fingerprint density at radius 2 is 1.37 bits per heavy atom. The van der Waals surface area contributed by atoms with E-state index in [1.807, 2.05) is 12.3 Å². The fourth-order valence-corrected chi connectivity index (χ4v) is 3.80. The van der Waals surface area contributed by atoms with Gasteiger partial charge in [0, 0.05) is 43.6 Å². The maximum atomic E-state index is 4.70. The Morgan fingerprint density at radius 3 is 1.90 bits per heavy atom. The highest BCUT2D eigenvalue weighted by Gasteiger charge is 2.12. The summed E-state index contributed by atoms with van der Waals surface area (Å²) in [6.07, 6.45) is 3.60. The van der Waals surface area contributed by atoms with Gasteiger partial charge in [0.2, 0.25) is 0 Å². The molecule has 3 aromatic rings. The van der Waals surface area contributed by atoms with Gasteiger partial charge < -0.3 is 19.7 Å². The van der Waals surface area contributed by atoms with Gasteiger partial charge in [-0.2, -0.15) is 0 Å². The van der Waals surface area contributed by atoms with Crippen LogP contribution in [0.5, 0.6) is 0 Å². The Labute approximate surface area is 180 Å². The Bertz CT molecular complexity index is 831. The van der Waals surface area contributed by atoms with Crippen molar-refractivity contribution in [3.05, 3.63) is 42.7 Å². The van der Waals surface area contributed by atoms with Crippen LogP contribution in [0.3, 0.4) is 0 Å². The van der Waals surface area contributed by atoms with Crippen LogP contribution in [0.4, 0.5) is 5.69 Å². The van der Waals surface area contributed by atoms with Crippen molar-refractivity contribution < 1.29 is 0 Å². The van der Waals surface area contributed by atoms with Crippen LogP contribution in [-0.2, 0) is 0 Å². The number of rotatable bonds is 12. The average Bonchev–Trinajstić information content (AvgIpc) is 3.23. The van der Waals surface area contributed by atoms with Crippen LogP contribution in [-0.4, -0.2) is 77.1 Å². The molecule has 0 saturated carbocycles. The van der Waals surface area contributed by atoms with Gasteiger partial charge in [0.05, 0.1) is 17.2 Å². The Morgan fingerprint density at radius 1 is 0.767 bits per heavy atom. The topological polar surface area (TPSA) is 51.3 Å². The molecular weight excluding hydrogens is 372 g/mol. The van der Waals surface area contributed by atoms with E-state index >= 15 is 0 Å². The number of fused-ring (bicyclic) bond motifs is 1. The van der Waals surface area contributed by atoms with E-state index in [1.54, 1.807) is 6.20 Å². The molecule has 2 heterocycles. The molecule has 162 valence electrons. The van der Waals surface area contributed by atoms with Crippen LogP contribution >= 0.6 is 0 Å². The number of nitrogens with zero attached hydrogens (tertiary/aromatic N) is 5. The molecule has 0 amide bonds. The molecule has 0 atom stereocenters. The predicted octanol–water partition coefficient (Wildman–Crippen LogP) is 4.11. The second kappa shape index (κ2) is 11.1. The van der Waals surface area contributed by atoms with Gasteiger partial charge in [-0.1, -0.05) is 27.7 Å². The van der Waals surface area contributed by atoms with Gasteiger partial charge in [0.15, 0.2) is 0 Å². The monoisotopic (exact) mass is 408 g/mol. The highest BCUT2D eigenvalue weighted by molar-refractivity contribution is 5.78. The van der Waals surface area contributed by atoms with E-state index in [0.29, 0.717) is 0 Å². The molecule has 0 saturated heterocycles. The summed E-state index contributed by atoms with van der Waals surface area (Å²) in [5.41, 5.74) is 4.29. The number of nitrogens with one attached hydrogen (secondary N) is 1. The van der Waals surface area contributed by atoms with Gasteiger partial charge in [0.1, 0.15) is 5.82 Å². The zero-order valence-corrected chi connectivity index (χ0v) is 18.9. The maximum absolute atomic E-state index is 4.70. The molecule has 3 rings (SSSR count). The lowest BCUT2D eigenvalue weighted by molar-refractivity contribution is 0.294. The third-order valence-electron chi connectivity index (χ3n) is 5.95. The van der Waals surface area contributed by atoms with Gasteiger partial charge in [-0.05, 0) is 56.5 Å². The molecule has 6 heteroatoms. The molecule has 1 N–H and O–H groups in total. The van der Waals surface area contributed by atoms with E-state index < -0.39 is 0 Å². The average molecular weight is 409 g/mol. The molecule has 6 nitrogen and oxygen atoms in total. The van der Waals surface area contributed by atoms with E-state index in [4.69, 9.17) is 4.98 Å². The fraction of sp³-hybridized carbons (Fsp3) is 0.500. The molecule has 1 aromatic carbocycles. The SMILES string of the molecule is CCN(CC)CCN(CCN(CC)CC)c1ccc(-c2nc3ccncc3[nH]2)cc1. The molecule has 0 unspecified atom stereocenters. The van der Waals surface area contributed by atoms with E-state index in [1.165, 1.54) is 5.69 Å². The quantitative estimate of drug-likeness (QED) is 0.489. The molecule has 30 heavy (non-hydrogen) atoms. The Balaban J connectivity index is 1.75. The lowest BCUT2D eigenvalue weighted by atomic mass is 10.2. The van der Waals surface area contributed by atoms with Gasteiger partial charge in [0.25, 0.3) is 0 Å². The standard InChI is InChI=1S/C24H36N6/c1-5-28(6-2)15-17-30(18-16-29(7-3)8-4)21-11-9-20(10-12-21)24-26-22-13-14-25-19-23(22)27-24/h9-14,19H,5-8,15-18H2,1-4H3,(H,26,27). The third kappa shape index (κ3) is 5.58. The largest absolute Gasteiger partial charge is 0.369 e. The second-order valence-corrected chi connectivity index (χ2v) is 7.57. The lowest BCUT2D eigenvalue weighted by Gasteiger charge is -2.30. The minimum atomic E-state index is 0.891. The van der Waals surface area contributed by atoms with Crippen molar-refractivity contribution in [2.75, 3.05) is 57.3 Å². The number of likely N-dealkylation sites (N-methyl/N-ethyl adjacent to an activating group) is 2. The fourth-order valence-electron chi connectivity index (χ4n) is 3.80. The summed E-state index contributed by atoms with van der Waals surface area (Å²) < 4.78 is 0. The Hall–Kier alpha value is -2.44. The predicted molar refractivity (Wildman–Crippen MR) is 127 cm³/mol. The number of aromatic nitrogens is 3. The number of aromatic amines is 1. The number of H-pyrrole nitrogens is 1. The Kier molecular flexibility index (Phi) is 8.22. The van der Waals surface area contributed by atoms with Gasteiger partial charge >= 0.3 is 0 Å². The first-order valence-electron chi connectivity index (χ1n) is 11.3. The van der Waals surface area contributed by atoms with E-state index in [9.17, 15) is 0 Å². The summed E-state index contributed by atoms with van der Waals surface area (Å²) in [6.45, 7) is 17.6. The molecule has 2 aromatic heterocycles. The van der Waals surface area contributed by atoms with Gasteiger partial charge in [-0.3, -0.25) is 4.98 Å². The molecule has 0 aliphatic heterocycles. The van der Waals surface area contributed by atoms with Crippen molar-refractivity contribution in [1.29, 1.82) is 0 Å². The van der Waals surface area contributed by atoms with Gasteiger partial charge in [-0.25, -0.2) is 4.98 Å². The van der Waals surface area contributed by atoms with Crippen LogP contribution in [0.25, 0.3) is 22.4 Å². The minimum Gasteiger partial charge on any atom is -0.369 e. The van der Waals surface area contributed by atoms with Crippen LogP contribution in [0.15, 0.2) is 42.7 Å². The van der Waals surface area contributed by atoms with E-state index in [0.717, 1.165) is 74.8 Å². The summed E-state index contributed by atoms with van der Waals surface area (Å²) in [5, 5.41) is 0. The number of hydrogen-bond acceptors (Lipinski definition) is 5. The van der Waals surface area contributed by atoms with Crippen LogP contribution < -0.4 is 4.90 Å². The summed E-state index contributed by atoms with van der Waals surface area (Å²) in [5.74, 6) is 0.891. The summed E-state index contributed by atoms with van der Waals surface area (Å²) >= 11 is 0. The number of hydrogen-bond donors (Lipinski definition) is 1. The third-order valence-corrected chi connectivity index (χ3v) is 5.95. The van der Waals surface area contributed by atoms with Crippen molar-refractivity contribution in [3.63, 3.8) is 0 Å². The summed E-state index contributed by atoms with van der Waals surface area (Å²) in [6, 6.07) is 10.7. The summed E-state index contributed by atoms with van der Waals surface area (Å²) in [7, 11) is 0. The zero-order valence-electron chi connectivity index (χ0n) is 18.9. The highest BCUT2D eigenvalue weighted by atomic mass is 15.2. The summed E-state index contributed by atoms with van der Waals surface area (Å²) in [4.78, 5) is 19.7. The smallest absolute Gasteiger partial charge is 0.138 e. The lowest BCUT2D eigenvalue weighted by Crippen LogP contribution is -2.39. The molecule has 0 bridgehead atoms. The number of benzene rings is 1. The van der Waals surface area contributed by atoms with Crippen LogP contribution in [0.2, 0.25) is 0 Å². The van der Waals surface area contributed by atoms with Crippen molar-refractivity contribution in [2.45, 2.75) is 27.7 Å². The zero-order chi connectivity index (χ0) is 21.3. The minimum absolute atomic E-state index is 0.891. The van der Waals surface area contributed by atoms with Crippen molar-refractivity contribution in [3.8, 4) is 11.4 Å². The number of anilines is 1. The number of pyridine rings is 1. The molecule has 0 aliphatic carbocycles. The molecule has 0 fully saturated rings. The molecule has 0 aliphatic rings.